The van der Waals surface area contributed by atoms with Crippen LogP contribution in [0.25, 0.3) is 0 Å². The molecule has 0 saturated carbocycles. The second-order valence-electron chi connectivity index (χ2n) is 5.64. The van der Waals surface area contributed by atoms with Crippen molar-refractivity contribution in [3.63, 3.8) is 0 Å². The van der Waals surface area contributed by atoms with Crippen LogP contribution in [0.4, 0.5) is 0 Å². The van der Waals surface area contributed by atoms with Gasteiger partial charge in [-0.15, -0.1) is 0 Å². The van der Waals surface area contributed by atoms with Gasteiger partial charge in [0.1, 0.15) is 5.75 Å². The maximum absolute atomic E-state index is 5.26. The van der Waals surface area contributed by atoms with Gasteiger partial charge in [-0.05, 0) is 43.5 Å². The maximum Gasteiger partial charge on any atom is 0.191 e. The monoisotopic (exact) mass is 325 g/mol. The Bertz CT molecular complexity index is 640. The molecule has 0 bridgehead atoms. The second-order valence-corrected chi connectivity index (χ2v) is 5.64. The highest BCUT2D eigenvalue weighted by atomic mass is 16.5. The van der Waals surface area contributed by atoms with Crippen LogP contribution < -0.4 is 15.4 Å². The van der Waals surface area contributed by atoms with E-state index in [1.165, 1.54) is 11.1 Å². The summed E-state index contributed by atoms with van der Waals surface area (Å²) in [7, 11) is 1.69. The first-order valence-corrected chi connectivity index (χ1v) is 8.45. The second kappa shape index (κ2) is 9.60. The van der Waals surface area contributed by atoms with Gasteiger partial charge in [-0.1, -0.05) is 42.5 Å². The Kier molecular flexibility index (Phi) is 7.15. The largest absolute Gasteiger partial charge is 0.497 e. The molecule has 24 heavy (non-hydrogen) atoms. The number of ether oxygens (including phenoxy) is 1. The fraction of sp³-hybridized carbons (Fsp3) is 0.350. The highest BCUT2D eigenvalue weighted by Crippen LogP contribution is 2.13. The molecule has 0 heterocycles. The van der Waals surface area contributed by atoms with Crippen molar-refractivity contribution >= 4 is 5.96 Å². The SMILES string of the molecule is CCNC(=NCCc1cccc(OC)c1)NC(C)c1ccccc1. The first-order chi connectivity index (χ1) is 11.7. The number of aliphatic imine (C=N–C) groups is 1. The average molecular weight is 325 g/mol. The van der Waals surface area contributed by atoms with Crippen LogP contribution in [0.3, 0.4) is 0 Å². The standard InChI is InChI=1S/C20H27N3O/c1-4-21-20(23-16(2)18-10-6-5-7-11-18)22-14-13-17-9-8-12-19(15-17)24-3/h5-12,15-16H,4,13-14H2,1-3H3,(H2,21,22,23). The third kappa shape index (κ3) is 5.61. The van der Waals surface area contributed by atoms with Crippen LogP contribution in [0, 0.1) is 0 Å². The summed E-state index contributed by atoms with van der Waals surface area (Å²) < 4.78 is 5.26. The molecule has 4 nitrogen and oxygen atoms in total. The van der Waals surface area contributed by atoms with Gasteiger partial charge in [0.05, 0.1) is 13.2 Å². The van der Waals surface area contributed by atoms with Crippen LogP contribution in [0.1, 0.15) is 31.0 Å². The van der Waals surface area contributed by atoms with Gasteiger partial charge in [0.2, 0.25) is 0 Å². The van der Waals surface area contributed by atoms with E-state index in [0.717, 1.165) is 31.2 Å². The summed E-state index contributed by atoms with van der Waals surface area (Å²) in [5.41, 5.74) is 2.47. The molecule has 0 spiro atoms. The zero-order valence-electron chi connectivity index (χ0n) is 14.8. The molecule has 128 valence electrons. The zero-order valence-corrected chi connectivity index (χ0v) is 14.8. The number of rotatable bonds is 7. The van der Waals surface area contributed by atoms with E-state index in [1.807, 2.05) is 18.2 Å². The molecule has 2 rings (SSSR count). The summed E-state index contributed by atoms with van der Waals surface area (Å²) in [4.78, 5) is 4.68. The van der Waals surface area contributed by atoms with Crippen LogP contribution in [0.15, 0.2) is 59.6 Å². The molecule has 0 aliphatic rings. The van der Waals surface area contributed by atoms with Crippen molar-refractivity contribution in [1.82, 2.24) is 10.6 Å². The summed E-state index contributed by atoms with van der Waals surface area (Å²) in [6.45, 7) is 5.78. The Balaban J connectivity index is 1.94. The predicted molar refractivity (Wildman–Crippen MR) is 101 cm³/mol. The lowest BCUT2D eigenvalue weighted by Crippen LogP contribution is -2.38. The van der Waals surface area contributed by atoms with E-state index in [-0.39, 0.29) is 6.04 Å². The van der Waals surface area contributed by atoms with Crippen molar-refractivity contribution in [3.8, 4) is 5.75 Å². The molecule has 0 aromatic heterocycles. The van der Waals surface area contributed by atoms with Gasteiger partial charge in [-0.2, -0.15) is 0 Å². The number of nitrogens with one attached hydrogen (secondary N) is 2. The molecular formula is C20H27N3O. The van der Waals surface area contributed by atoms with E-state index in [1.54, 1.807) is 7.11 Å². The number of hydrogen-bond donors (Lipinski definition) is 2. The van der Waals surface area contributed by atoms with Gasteiger partial charge in [-0.3, -0.25) is 4.99 Å². The fourth-order valence-electron chi connectivity index (χ4n) is 2.47. The normalized spacial score (nSPS) is 12.5. The molecule has 1 unspecified atom stereocenters. The van der Waals surface area contributed by atoms with Crippen molar-refractivity contribution in [2.45, 2.75) is 26.3 Å². The van der Waals surface area contributed by atoms with Crippen molar-refractivity contribution in [1.29, 1.82) is 0 Å². The van der Waals surface area contributed by atoms with Crippen LogP contribution in [0.2, 0.25) is 0 Å². The third-order valence-corrected chi connectivity index (χ3v) is 3.80. The first kappa shape index (κ1) is 17.9. The smallest absolute Gasteiger partial charge is 0.191 e. The summed E-state index contributed by atoms with van der Waals surface area (Å²) in [5, 5.41) is 6.76. The maximum atomic E-state index is 5.26. The number of nitrogens with zero attached hydrogens (tertiary/aromatic N) is 1. The van der Waals surface area contributed by atoms with Crippen LogP contribution >= 0.6 is 0 Å². The van der Waals surface area contributed by atoms with Gasteiger partial charge in [0.25, 0.3) is 0 Å². The molecule has 0 aliphatic carbocycles. The predicted octanol–water partition coefficient (Wildman–Crippen LogP) is 3.55. The molecule has 0 radical (unpaired) electrons. The molecule has 0 aliphatic heterocycles. The van der Waals surface area contributed by atoms with E-state index in [0.29, 0.717) is 0 Å². The quantitative estimate of drug-likeness (QED) is 0.604. The summed E-state index contributed by atoms with van der Waals surface area (Å²) in [6, 6.07) is 18.7. The van der Waals surface area contributed by atoms with E-state index >= 15 is 0 Å². The number of benzene rings is 2. The molecule has 0 amide bonds. The molecule has 2 aromatic carbocycles. The summed E-state index contributed by atoms with van der Waals surface area (Å²) in [5.74, 6) is 1.73. The summed E-state index contributed by atoms with van der Waals surface area (Å²) in [6.07, 6.45) is 0.882. The minimum Gasteiger partial charge on any atom is -0.497 e. The number of guanidine groups is 1. The Morgan fingerprint density at radius 1 is 1.12 bits per heavy atom. The molecule has 0 saturated heterocycles. The van der Waals surface area contributed by atoms with Crippen LogP contribution in [0.5, 0.6) is 5.75 Å². The molecule has 2 aromatic rings. The van der Waals surface area contributed by atoms with Gasteiger partial charge in [0, 0.05) is 13.1 Å². The number of hydrogen-bond acceptors (Lipinski definition) is 2. The Morgan fingerprint density at radius 2 is 1.92 bits per heavy atom. The zero-order chi connectivity index (χ0) is 17.2. The van der Waals surface area contributed by atoms with Crippen LogP contribution in [-0.4, -0.2) is 26.2 Å². The first-order valence-electron chi connectivity index (χ1n) is 8.45. The minimum atomic E-state index is 0.209. The highest BCUT2D eigenvalue weighted by molar-refractivity contribution is 5.80. The van der Waals surface area contributed by atoms with Crippen LogP contribution in [-0.2, 0) is 6.42 Å². The minimum absolute atomic E-state index is 0.209. The van der Waals surface area contributed by atoms with E-state index in [2.05, 4.69) is 65.9 Å². The molecular weight excluding hydrogens is 298 g/mol. The van der Waals surface area contributed by atoms with Gasteiger partial charge < -0.3 is 15.4 Å². The molecule has 1 atom stereocenters. The van der Waals surface area contributed by atoms with E-state index < -0.39 is 0 Å². The topological polar surface area (TPSA) is 45.7 Å². The molecule has 0 fully saturated rings. The van der Waals surface area contributed by atoms with E-state index in [4.69, 9.17) is 4.74 Å². The van der Waals surface area contributed by atoms with Gasteiger partial charge in [-0.25, -0.2) is 0 Å². The highest BCUT2D eigenvalue weighted by Gasteiger charge is 2.06. The fourth-order valence-corrected chi connectivity index (χ4v) is 2.47. The van der Waals surface area contributed by atoms with Crippen molar-refractivity contribution in [2.24, 2.45) is 4.99 Å². The third-order valence-electron chi connectivity index (χ3n) is 3.80. The Labute approximate surface area is 145 Å². The van der Waals surface area contributed by atoms with Gasteiger partial charge in [0.15, 0.2) is 5.96 Å². The Hall–Kier alpha value is -2.49. The van der Waals surface area contributed by atoms with Crippen molar-refractivity contribution in [3.05, 3.63) is 65.7 Å². The summed E-state index contributed by atoms with van der Waals surface area (Å²) >= 11 is 0. The lowest BCUT2D eigenvalue weighted by molar-refractivity contribution is 0.414. The lowest BCUT2D eigenvalue weighted by Gasteiger charge is -2.18. The Morgan fingerprint density at radius 3 is 2.62 bits per heavy atom. The van der Waals surface area contributed by atoms with Gasteiger partial charge >= 0.3 is 0 Å². The van der Waals surface area contributed by atoms with Crippen molar-refractivity contribution in [2.75, 3.05) is 20.2 Å². The van der Waals surface area contributed by atoms with E-state index in [9.17, 15) is 0 Å². The lowest BCUT2D eigenvalue weighted by atomic mass is 10.1. The molecule has 2 N–H and O–H groups in total. The van der Waals surface area contributed by atoms with Crippen molar-refractivity contribution < 1.29 is 4.74 Å². The number of methoxy groups -OCH3 is 1. The average Bonchev–Trinajstić information content (AvgIpc) is 2.62. The molecule has 4 heteroatoms.